The average molecular weight is 299 g/mol. The summed E-state index contributed by atoms with van der Waals surface area (Å²) in [7, 11) is -2.92. The van der Waals surface area contributed by atoms with Crippen LogP contribution in [0.15, 0.2) is 0 Å². The fourth-order valence-corrected chi connectivity index (χ4v) is 2.69. The van der Waals surface area contributed by atoms with Gasteiger partial charge in [-0.1, -0.05) is 29.3 Å². The molecule has 2 nitrogen and oxygen atoms in total. The zero-order valence-corrected chi connectivity index (χ0v) is 12.6. The van der Waals surface area contributed by atoms with E-state index in [0.29, 0.717) is 10.6 Å². The van der Waals surface area contributed by atoms with Crippen LogP contribution in [0.2, 0.25) is 0 Å². The van der Waals surface area contributed by atoms with Crippen LogP contribution in [0.3, 0.4) is 0 Å². The first kappa shape index (κ1) is 15.4. The molecule has 15 heavy (non-hydrogen) atoms. The van der Waals surface area contributed by atoms with Crippen LogP contribution in [0.1, 0.15) is 53.4 Å². The largest absolute Gasteiger partial charge is 0.228 e. The number of unbranched alkanes of at least 4 members (excludes halogenated alkanes) is 1. The maximum Gasteiger partial charge on any atom is 0.155 e. The normalized spacial score (nSPS) is 15.3. The summed E-state index contributed by atoms with van der Waals surface area (Å²) in [6, 6.07) is 0. The lowest BCUT2D eigenvalue weighted by Gasteiger charge is -2.19. The molecular weight excluding hydrogens is 276 g/mol. The van der Waals surface area contributed by atoms with Gasteiger partial charge < -0.3 is 0 Å². The van der Waals surface area contributed by atoms with Crippen LogP contribution in [-0.2, 0) is 9.84 Å². The lowest BCUT2D eigenvalue weighted by molar-refractivity contribution is 0.554. The quantitative estimate of drug-likeness (QED) is 0.555. The van der Waals surface area contributed by atoms with Gasteiger partial charge in [0.15, 0.2) is 9.84 Å². The van der Waals surface area contributed by atoms with Gasteiger partial charge in [-0.15, -0.1) is 0 Å². The van der Waals surface area contributed by atoms with E-state index in [4.69, 9.17) is 0 Å². The summed E-state index contributed by atoms with van der Waals surface area (Å²) in [5.41, 5.74) is 0. The maximum absolute atomic E-state index is 11.8. The molecule has 4 heteroatoms. The highest BCUT2D eigenvalue weighted by Gasteiger charge is 2.27. The first-order valence-electron chi connectivity index (χ1n) is 5.57. The molecular formula is C11H23BrO2S. The monoisotopic (exact) mass is 298 g/mol. The fourth-order valence-electron chi connectivity index (χ4n) is 1.17. The maximum atomic E-state index is 11.8. The van der Waals surface area contributed by atoms with Crippen molar-refractivity contribution in [1.82, 2.24) is 0 Å². The molecule has 0 aliphatic carbocycles. The van der Waals surface area contributed by atoms with Crippen LogP contribution >= 0.6 is 15.9 Å². The molecule has 0 N–H and O–H groups in total. The molecule has 0 fully saturated rings. The molecule has 0 saturated heterocycles. The molecule has 0 aromatic carbocycles. The van der Waals surface area contributed by atoms with Crippen molar-refractivity contribution in [2.45, 2.75) is 63.0 Å². The lowest BCUT2D eigenvalue weighted by atomic mass is 10.2. The van der Waals surface area contributed by atoms with Crippen LogP contribution in [0, 0.1) is 0 Å². The van der Waals surface area contributed by atoms with Gasteiger partial charge in [-0.2, -0.15) is 0 Å². The van der Waals surface area contributed by atoms with Crippen molar-refractivity contribution in [3.05, 3.63) is 0 Å². The van der Waals surface area contributed by atoms with Crippen molar-refractivity contribution in [3.8, 4) is 0 Å². The van der Waals surface area contributed by atoms with Crippen LogP contribution in [0.25, 0.3) is 0 Å². The summed E-state index contributed by atoms with van der Waals surface area (Å²) >= 11 is 3.55. The number of rotatable bonds is 6. The van der Waals surface area contributed by atoms with E-state index < -0.39 is 14.6 Å². The predicted octanol–water partition coefficient (Wildman–Crippen LogP) is 3.54. The molecule has 0 spiro atoms. The minimum Gasteiger partial charge on any atom is -0.228 e. The summed E-state index contributed by atoms with van der Waals surface area (Å²) in [5, 5.41) is 0. The van der Waals surface area contributed by atoms with Crippen LogP contribution < -0.4 is 0 Å². The Hall–Kier alpha value is 0.430. The van der Waals surface area contributed by atoms with Crippen molar-refractivity contribution in [1.29, 1.82) is 0 Å². The minimum absolute atomic E-state index is 0.319. The second-order valence-electron chi connectivity index (χ2n) is 4.93. The Kier molecular flexibility index (Phi) is 6.41. The molecule has 0 saturated carbocycles. The number of hydrogen-bond donors (Lipinski definition) is 0. The summed E-state index contributed by atoms with van der Waals surface area (Å²) in [6.45, 7) is 7.43. The second-order valence-corrected chi connectivity index (χ2v) is 9.09. The molecule has 1 unspecified atom stereocenters. The molecule has 1 atom stereocenters. The predicted molar refractivity (Wildman–Crippen MR) is 70.4 cm³/mol. The summed E-state index contributed by atoms with van der Waals surface area (Å²) in [5.74, 6) is 0.319. The summed E-state index contributed by atoms with van der Waals surface area (Å²) < 4.78 is 22.9. The van der Waals surface area contributed by atoms with Crippen molar-refractivity contribution < 1.29 is 8.42 Å². The van der Waals surface area contributed by atoms with Crippen molar-refractivity contribution in [2.24, 2.45) is 0 Å². The van der Waals surface area contributed by atoms with Crippen LogP contribution in [0.5, 0.6) is 0 Å². The molecule has 0 aliphatic heterocycles. The van der Waals surface area contributed by atoms with Crippen LogP contribution in [0.4, 0.5) is 0 Å². The second kappa shape index (κ2) is 6.24. The Morgan fingerprint density at radius 1 is 1.20 bits per heavy atom. The van der Waals surface area contributed by atoms with E-state index in [1.165, 1.54) is 0 Å². The van der Waals surface area contributed by atoms with Gasteiger partial charge in [-0.05, 0) is 40.0 Å². The summed E-state index contributed by atoms with van der Waals surface area (Å²) in [6.07, 6.45) is 3.93. The van der Waals surface area contributed by atoms with Gasteiger partial charge in [-0.3, -0.25) is 0 Å². The zero-order chi connectivity index (χ0) is 12.1. The highest BCUT2D eigenvalue weighted by atomic mass is 79.9. The van der Waals surface area contributed by atoms with Gasteiger partial charge >= 0.3 is 0 Å². The molecule has 0 rings (SSSR count). The van der Waals surface area contributed by atoms with E-state index in [-0.39, 0.29) is 0 Å². The van der Waals surface area contributed by atoms with Gasteiger partial charge in [0.2, 0.25) is 0 Å². The Balaban J connectivity index is 3.88. The molecule has 0 heterocycles. The molecule has 0 aromatic heterocycles. The molecule has 92 valence electrons. The Morgan fingerprint density at radius 2 is 1.73 bits per heavy atom. The number of sulfone groups is 1. The minimum atomic E-state index is -2.92. The smallest absolute Gasteiger partial charge is 0.155 e. The van der Waals surface area contributed by atoms with E-state index in [1.54, 1.807) is 20.8 Å². The SMILES string of the molecule is CCC(Br)CCCCS(=O)(=O)C(C)(C)C. The first-order chi connectivity index (χ1) is 6.70. The number of alkyl halides is 1. The fraction of sp³-hybridized carbons (Fsp3) is 1.00. The third-order valence-electron chi connectivity index (χ3n) is 2.56. The average Bonchev–Trinajstić information content (AvgIpc) is 2.10. The highest BCUT2D eigenvalue weighted by molar-refractivity contribution is 9.09. The van der Waals surface area contributed by atoms with Gasteiger partial charge in [0.05, 0.1) is 10.5 Å². The van der Waals surface area contributed by atoms with E-state index in [2.05, 4.69) is 22.9 Å². The van der Waals surface area contributed by atoms with Gasteiger partial charge in [0.1, 0.15) is 0 Å². The van der Waals surface area contributed by atoms with Crippen molar-refractivity contribution in [2.75, 3.05) is 5.75 Å². The number of hydrogen-bond acceptors (Lipinski definition) is 2. The molecule has 0 radical (unpaired) electrons. The summed E-state index contributed by atoms with van der Waals surface area (Å²) in [4.78, 5) is 0.537. The van der Waals surface area contributed by atoms with E-state index in [9.17, 15) is 8.42 Å². The van der Waals surface area contributed by atoms with Crippen molar-refractivity contribution in [3.63, 3.8) is 0 Å². The van der Waals surface area contributed by atoms with Gasteiger partial charge in [0, 0.05) is 4.83 Å². The molecule has 0 aliphatic rings. The van der Waals surface area contributed by atoms with Crippen LogP contribution in [-0.4, -0.2) is 23.7 Å². The standard InChI is InChI=1S/C11H23BrO2S/c1-5-10(12)8-6-7-9-15(13,14)11(2,3)4/h10H,5-9H2,1-4H3. The highest BCUT2D eigenvalue weighted by Crippen LogP contribution is 2.19. The zero-order valence-electron chi connectivity index (χ0n) is 10.2. The third-order valence-corrected chi connectivity index (χ3v) is 6.35. The van der Waals surface area contributed by atoms with E-state index in [0.717, 1.165) is 25.7 Å². The molecule has 0 bridgehead atoms. The lowest BCUT2D eigenvalue weighted by Crippen LogP contribution is -2.30. The van der Waals surface area contributed by atoms with Gasteiger partial charge in [-0.25, -0.2) is 8.42 Å². The van der Waals surface area contributed by atoms with Gasteiger partial charge in [0.25, 0.3) is 0 Å². The van der Waals surface area contributed by atoms with Crippen molar-refractivity contribution >= 4 is 25.8 Å². The molecule has 0 aromatic rings. The Bertz CT molecular complexity index is 265. The first-order valence-corrected chi connectivity index (χ1v) is 8.14. The third kappa shape index (κ3) is 5.91. The Morgan fingerprint density at radius 3 is 2.13 bits per heavy atom. The number of halogens is 1. The Labute approximate surface area is 103 Å². The topological polar surface area (TPSA) is 34.1 Å². The van der Waals surface area contributed by atoms with E-state index in [1.807, 2.05) is 0 Å². The molecule has 0 amide bonds. The van der Waals surface area contributed by atoms with E-state index >= 15 is 0 Å².